The first-order chi connectivity index (χ1) is 3.72. The summed E-state index contributed by atoms with van der Waals surface area (Å²) >= 11 is 4.22. The third-order valence-electron chi connectivity index (χ3n) is 1.08. The smallest absolute Gasteiger partial charge is 0.0638 e. The van der Waals surface area contributed by atoms with Crippen molar-refractivity contribution in [3.05, 3.63) is 0 Å². The molecular formula is C5H14N2S. The SMILES string of the molecule is CCN(NC)C(C)S. The van der Waals surface area contributed by atoms with Gasteiger partial charge in [-0.1, -0.05) is 6.92 Å². The lowest BCUT2D eigenvalue weighted by Crippen LogP contribution is -2.38. The number of hydrazine groups is 1. The standard InChI is InChI=1S/C5H14N2S/c1-4-7(6-3)5(2)8/h5-6,8H,4H2,1-3H3. The topological polar surface area (TPSA) is 15.3 Å². The van der Waals surface area contributed by atoms with E-state index in [2.05, 4.69) is 25.0 Å². The van der Waals surface area contributed by atoms with Crippen molar-refractivity contribution < 1.29 is 0 Å². The lowest BCUT2D eigenvalue weighted by Gasteiger charge is -2.21. The lowest BCUT2D eigenvalue weighted by molar-refractivity contribution is 0.213. The zero-order valence-corrected chi connectivity index (χ0v) is 6.57. The molecule has 0 rings (SSSR count). The normalized spacial score (nSPS) is 14.6. The van der Waals surface area contributed by atoms with Crippen LogP contribution in [-0.2, 0) is 0 Å². The summed E-state index contributed by atoms with van der Waals surface area (Å²) in [5.74, 6) is 0. The second-order valence-electron chi connectivity index (χ2n) is 1.64. The van der Waals surface area contributed by atoms with Gasteiger partial charge in [0.25, 0.3) is 0 Å². The van der Waals surface area contributed by atoms with Crippen molar-refractivity contribution in [3.8, 4) is 0 Å². The third-order valence-corrected chi connectivity index (χ3v) is 1.36. The predicted molar refractivity (Wildman–Crippen MR) is 39.9 cm³/mol. The Morgan fingerprint density at radius 2 is 2.25 bits per heavy atom. The maximum atomic E-state index is 4.22. The molecule has 0 aromatic carbocycles. The monoisotopic (exact) mass is 134 g/mol. The van der Waals surface area contributed by atoms with E-state index in [0.717, 1.165) is 6.54 Å². The summed E-state index contributed by atoms with van der Waals surface area (Å²) in [6.07, 6.45) is 0. The van der Waals surface area contributed by atoms with Gasteiger partial charge < -0.3 is 0 Å². The van der Waals surface area contributed by atoms with E-state index in [4.69, 9.17) is 0 Å². The number of hydrogen-bond donors (Lipinski definition) is 2. The zero-order valence-electron chi connectivity index (χ0n) is 5.68. The number of nitrogens with zero attached hydrogens (tertiary/aromatic N) is 1. The maximum absolute atomic E-state index is 4.22. The molecule has 0 spiro atoms. The molecule has 0 radical (unpaired) electrons. The second kappa shape index (κ2) is 4.18. The van der Waals surface area contributed by atoms with Gasteiger partial charge in [0.05, 0.1) is 5.37 Å². The highest BCUT2D eigenvalue weighted by Gasteiger charge is 2.01. The fourth-order valence-electron chi connectivity index (χ4n) is 0.609. The van der Waals surface area contributed by atoms with Gasteiger partial charge in [0.2, 0.25) is 0 Å². The molecule has 0 aliphatic rings. The van der Waals surface area contributed by atoms with Crippen molar-refractivity contribution in [2.45, 2.75) is 19.2 Å². The van der Waals surface area contributed by atoms with Crippen LogP contribution in [0.25, 0.3) is 0 Å². The fraction of sp³-hybridized carbons (Fsp3) is 1.00. The summed E-state index contributed by atoms with van der Waals surface area (Å²) in [4.78, 5) is 0. The Hall–Kier alpha value is 0.270. The van der Waals surface area contributed by atoms with E-state index >= 15 is 0 Å². The number of rotatable bonds is 3. The van der Waals surface area contributed by atoms with Crippen molar-refractivity contribution in [1.82, 2.24) is 10.4 Å². The van der Waals surface area contributed by atoms with Gasteiger partial charge in [0.1, 0.15) is 0 Å². The summed E-state index contributed by atoms with van der Waals surface area (Å²) in [5.41, 5.74) is 3.01. The molecular weight excluding hydrogens is 120 g/mol. The Balaban J connectivity index is 3.35. The molecule has 1 N–H and O–H groups in total. The Bertz CT molecular complexity index is 52.4. The lowest BCUT2D eigenvalue weighted by atomic mass is 10.6. The molecule has 0 aliphatic heterocycles. The molecule has 0 aromatic heterocycles. The van der Waals surface area contributed by atoms with E-state index in [1.165, 1.54) is 0 Å². The van der Waals surface area contributed by atoms with Gasteiger partial charge in [-0.15, -0.1) is 0 Å². The van der Waals surface area contributed by atoms with E-state index in [1.807, 2.05) is 19.0 Å². The van der Waals surface area contributed by atoms with Crippen LogP contribution in [0.4, 0.5) is 0 Å². The molecule has 0 saturated carbocycles. The van der Waals surface area contributed by atoms with Crippen molar-refractivity contribution in [3.63, 3.8) is 0 Å². The maximum Gasteiger partial charge on any atom is 0.0638 e. The summed E-state index contributed by atoms with van der Waals surface area (Å²) in [6.45, 7) is 5.10. The van der Waals surface area contributed by atoms with Gasteiger partial charge in [-0.2, -0.15) is 12.6 Å². The van der Waals surface area contributed by atoms with E-state index in [9.17, 15) is 0 Å². The minimum Gasteiger partial charge on any atom is -0.257 e. The van der Waals surface area contributed by atoms with Gasteiger partial charge in [-0.25, -0.2) is 5.01 Å². The van der Waals surface area contributed by atoms with Crippen molar-refractivity contribution in [1.29, 1.82) is 0 Å². The molecule has 3 heteroatoms. The molecule has 0 fully saturated rings. The van der Waals surface area contributed by atoms with Crippen molar-refractivity contribution in [2.24, 2.45) is 0 Å². The predicted octanol–water partition coefficient (Wildman–Crippen LogP) is 0.719. The summed E-state index contributed by atoms with van der Waals surface area (Å²) in [7, 11) is 1.90. The number of nitrogens with one attached hydrogen (secondary N) is 1. The summed E-state index contributed by atoms with van der Waals surface area (Å²) < 4.78 is 0. The number of hydrogen-bond acceptors (Lipinski definition) is 3. The molecule has 1 unspecified atom stereocenters. The number of thiol groups is 1. The fourth-order valence-corrected chi connectivity index (χ4v) is 0.888. The minimum atomic E-state index is 0.296. The second-order valence-corrected chi connectivity index (χ2v) is 2.39. The zero-order chi connectivity index (χ0) is 6.57. The van der Waals surface area contributed by atoms with E-state index in [1.54, 1.807) is 0 Å². The first-order valence-corrected chi connectivity index (χ1v) is 3.36. The molecule has 0 bridgehead atoms. The van der Waals surface area contributed by atoms with Gasteiger partial charge in [0, 0.05) is 6.54 Å². The Kier molecular flexibility index (Phi) is 4.32. The van der Waals surface area contributed by atoms with Crippen LogP contribution in [0.3, 0.4) is 0 Å². The highest BCUT2D eigenvalue weighted by Crippen LogP contribution is 1.96. The van der Waals surface area contributed by atoms with Gasteiger partial charge in [0.15, 0.2) is 0 Å². The van der Waals surface area contributed by atoms with Crippen LogP contribution < -0.4 is 5.43 Å². The Morgan fingerprint density at radius 1 is 1.75 bits per heavy atom. The van der Waals surface area contributed by atoms with Crippen LogP contribution in [-0.4, -0.2) is 24.0 Å². The molecule has 0 heterocycles. The summed E-state index contributed by atoms with van der Waals surface area (Å²) in [5, 5.41) is 2.33. The van der Waals surface area contributed by atoms with Crippen LogP contribution in [0, 0.1) is 0 Å². The molecule has 1 atom stereocenters. The molecule has 0 aromatic rings. The molecule has 0 amide bonds. The molecule has 50 valence electrons. The van der Waals surface area contributed by atoms with Crippen LogP contribution >= 0.6 is 12.6 Å². The van der Waals surface area contributed by atoms with Crippen LogP contribution in [0.2, 0.25) is 0 Å². The third kappa shape index (κ3) is 2.55. The van der Waals surface area contributed by atoms with Crippen LogP contribution in [0.5, 0.6) is 0 Å². The average molecular weight is 134 g/mol. The van der Waals surface area contributed by atoms with Crippen LogP contribution in [0.1, 0.15) is 13.8 Å². The molecule has 0 aliphatic carbocycles. The first-order valence-electron chi connectivity index (χ1n) is 2.84. The first kappa shape index (κ1) is 8.27. The molecule has 8 heavy (non-hydrogen) atoms. The van der Waals surface area contributed by atoms with Crippen molar-refractivity contribution in [2.75, 3.05) is 13.6 Å². The molecule has 2 nitrogen and oxygen atoms in total. The quantitative estimate of drug-likeness (QED) is 0.336. The minimum absolute atomic E-state index is 0.296. The van der Waals surface area contributed by atoms with Gasteiger partial charge >= 0.3 is 0 Å². The Morgan fingerprint density at radius 3 is 2.25 bits per heavy atom. The van der Waals surface area contributed by atoms with Gasteiger partial charge in [-0.05, 0) is 14.0 Å². The highest BCUT2D eigenvalue weighted by atomic mass is 32.1. The van der Waals surface area contributed by atoms with Crippen LogP contribution in [0.15, 0.2) is 0 Å². The van der Waals surface area contributed by atoms with E-state index in [-0.39, 0.29) is 0 Å². The van der Waals surface area contributed by atoms with E-state index < -0.39 is 0 Å². The van der Waals surface area contributed by atoms with E-state index in [0.29, 0.717) is 5.37 Å². The molecule has 0 saturated heterocycles. The largest absolute Gasteiger partial charge is 0.257 e. The highest BCUT2D eigenvalue weighted by molar-refractivity contribution is 7.80. The van der Waals surface area contributed by atoms with Crippen molar-refractivity contribution >= 4 is 12.6 Å². The Labute approximate surface area is 56.6 Å². The summed E-state index contributed by atoms with van der Waals surface area (Å²) in [6, 6.07) is 0. The average Bonchev–Trinajstić information content (AvgIpc) is 1.69. The van der Waals surface area contributed by atoms with Gasteiger partial charge in [-0.3, -0.25) is 5.43 Å².